The Kier molecular flexibility index (Phi) is 14.0. The number of nitrogens with zero attached hydrogens (tertiary/aromatic N) is 1. The summed E-state index contributed by atoms with van der Waals surface area (Å²) in [6, 6.07) is -4.28. The van der Waals surface area contributed by atoms with Crippen LogP contribution in [0.1, 0.15) is 53.7 Å². The van der Waals surface area contributed by atoms with Gasteiger partial charge in [0.05, 0.1) is 18.3 Å². The molecule has 0 radical (unpaired) electrons. The van der Waals surface area contributed by atoms with Gasteiger partial charge in [0.25, 0.3) is 0 Å². The number of nitrogens with one attached hydrogen (secondary N) is 5. The van der Waals surface area contributed by atoms with E-state index in [0.717, 1.165) is 21.6 Å². The third-order valence-electron chi connectivity index (χ3n) is 7.17. The van der Waals surface area contributed by atoms with Gasteiger partial charge >= 0.3 is 5.97 Å². The lowest BCUT2D eigenvalue weighted by molar-refractivity contribution is -0.146. The molecule has 0 aliphatic carbocycles. The number of carbonyl (C=O) groups excluding carboxylic acids is 5. The summed E-state index contributed by atoms with van der Waals surface area (Å²) < 4.78 is 0. The predicted octanol–water partition coefficient (Wildman–Crippen LogP) is 0.199. The Bertz CT molecular complexity index is 1150. The number of Topliss-reactive ketones (excluding diaryl/α,β-unsaturated/α-hetero) is 1. The zero-order chi connectivity index (χ0) is 32.4. The molecular weight excluding hydrogens is 598 g/mol. The summed E-state index contributed by atoms with van der Waals surface area (Å²) in [6.07, 6.45) is 3.13. The van der Waals surface area contributed by atoms with Crippen molar-refractivity contribution < 1.29 is 33.9 Å². The first-order chi connectivity index (χ1) is 20.2. The van der Waals surface area contributed by atoms with E-state index in [1.54, 1.807) is 34.6 Å². The maximum absolute atomic E-state index is 13.7. The van der Waals surface area contributed by atoms with Crippen molar-refractivity contribution in [2.75, 3.05) is 5.75 Å². The van der Waals surface area contributed by atoms with Crippen molar-refractivity contribution in [1.29, 1.82) is 0 Å². The second-order valence-electron chi connectivity index (χ2n) is 11.2. The van der Waals surface area contributed by atoms with Crippen LogP contribution in [0.4, 0.5) is 0 Å². The number of carboxylic acid groups (broad SMARTS) is 1. The van der Waals surface area contributed by atoms with Crippen LogP contribution >= 0.6 is 21.6 Å². The van der Waals surface area contributed by atoms with E-state index < -0.39 is 76.8 Å². The van der Waals surface area contributed by atoms with Crippen molar-refractivity contribution in [3.05, 3.63) is 18.2 Å². The van der Waals surface area contributed by atoms with E-state index in [-0.39, 0.29) is 30.4 Å². The number of rotatable bonds is 6. The Morgan fingerprint density at radius 2 is 1.60 bits per heavy atom. The Labute approximate surface area is 259 Å². The average Bonchev–Trinajstić information content (AvgIpc) is 3.45. The second-order valence-corrected chi connectivity index (χ2v) is 13.7. The Balaban J connectivity index is 2.47. The van der Waals surface area contributed by atoms with Gasteiger partial charge < -0.3 is 37.1 Å². The molecule has 14 nitrogen and oxygen atoms in total. The number of hydrogen-bond donors (Lipinski definition) is 7. The van der Waals surface area contributed by atoms with Gasteiger partial charge in [-0.3, -0.25) is 28.8 Å². The number of H-pyrrole nitrogens is 1. The molecule has 2 heterocycles. The lowest BCUT2D eigenvalue weighted by atomic mass is 9.81. The van der Waals surface area contributed by atoms with Gasteiger partial charge in [-0.05, 0) is 25.2 Å². The molecule has 7 atom stereocenters. The number of nitrogens with two attached hydrogens (primary N) is 1. The van der Waals surface area contributed by atoms with Crippen molar-refractivity contribution in [1.82, 2.24) is 31.2 Å². The van der Waals surface area contributed by atoms with Gasteiger partial charge in [-0.1, -0.05) is 56.2 Å². The zero-order valence-corrected chi connectivity index (χ0v) is 26.8. The zero-order valence-electron chi connectivity index (χ0n) is 25.2. The molecule has 0 saturated carbocycles. The highest BCUT2D eigenvalue weighted by Gasteiger charge is 2.39. The largest absolute Gasteiger partial charge is 0.481 e. The van der Waals surface area contributed by atoms with Crippen LogP contribution in [0, 0.1) is 23.7 Å². The number of aromatic nitrogens is 2. The molecule has 4 amide bonds. The smallest absolute Gasteiger partial charge is 0.308 e. The number of carboxylic acids is 1. The molecule has 16 heteroatoms. The predicted molar refractivity (Wildman–Crippen MR) is 163 cm³/mol. The molecule has 1 aromatic rings. The van der Waals surface area contributed by atoms with Crippen molar-refractivity contribution >= 4 is 57.0 Å². The standard InChI is InChI=1S/C27H43N7O7S2/c1-7-16-17(27(40)41)10-42-43-22(28)26(39)32-18(8-15-9-29-11-30-15)24(37)31-14(6)23(36)34-20(13(4)5)25(38)33-19(12(2)3)21(16)35/h9,11-14,16-20,22H,7-8,10,28H2,1-6H3,(H,29,30)(H,31,37)(H,32,39)(H,33,38)(H,34,36)(H,40,41)/t14-,16?,17-,18-,19+,20-,22-/m0/s1. The molecule has 1 fully saturated rings. The third-order valence-corrected chi connectivity index (χ3v) is 9.66. The van der Waals surface area contributed by atoms with Gasteiger partial charge in [0.2, 0.25) is 23.6 Å². The summed E-state index contributed by atoms with van der Waals surface area (Å²) in [4.78, 5) is 85.5. The molecule has 1 unspecified atom stereocenters. The fraction of sp³-hybridized carbons (Fsp3) is 0.667. The van der Waals surface area contributed by atoms with Crippen LogP contribution in [0.15, 0.2) is 12.5 Å². The van der Waals surface area contributed by atoms with Crippen LogP contribution in [-0.4, -0.2) is 85.7 Å². The average molecular weight is 642 g/mol. The van der Waals surface area contributed by atoms with Gasteiger partial charge in [0.15, 0.2) is 5.78 Å². The molecular formula is C27H43N7O7S2. The normalized spacial score (nSPS) is 29.1. The molecule has 1 aliphatic rings. The molecule has 240 valence electrons. The SMILES string of the molecule is CCC1C(=O)[C@@H](C(C)C)NC(=O)[C@H](C(C)C)NC(=O)[C@H](C)NC(=O)[C@H](Cc2cnc[nH]2)NC(=O)[C@@H](N)SSC[C@@H]1C(=O)O. The summed E-state index contributed by atoms with van der Waals surface area (Å²) >= 11 is 0. The van der Waals surface area contributed by atoms with E-state index >= 15 is 0 Å². The minimum atomic E-state index is -1.19. The lowest BCUT2D eigenvalue weighted by Gasteiger charge is -2.31. The lowest BCUT2D eigenvalue weighted by Crippen LogP contribution is -2.59. The van der Waals surface area contributed by atoms with Crippen LogP contribution in [0.3, 0.4) is 0 Å². The molecule has 1 aliphatic heterocycles. The number of imidazole rings is 1. The molecule has 0 bridgehead atoms. The van der Waals surface area contributed by atoms with E-state index in [4.69, 9.17) is 5.73 Å². The maximum Gasteiger partial charge on any atom is 0.308 e. The highest BCUT2D eigenvalue weighted by atomic mass is 33.1. The second kappa shape index (κ2) is 16.7. The van der Waals surface area contributed by atoms with Gasteiger partial charge in [0, 0.05) is 30.0 Å². The molecule has 0 spiro atoms. The summed E-state index contributed by atoms with van der Waals surface area (Å²) in [7, 11) is 1.94. The number of hydrogen-bond acceptors (Lipinski definition) is 10. The van der Waals surface area contributed by atoms with E-state index in [1.165, 1.54) is 19.4 Å². The van der Waals surface area contributed by atoms with Gasteiger partial charge in [-0.25, -0.2) is 4.98 Å². The van der Waals surface area contributed by atoms with Crippen LogP contribution in [0.5, 0.6) is 0 Å². The number of ketones is 1. The van der Waals surface area contributed by atoms with Crippen LogP contribution in [0.25, 0.3) is 0 Å². The van der Waals surface area contributed by atoms with Gasteiger partial charge in [-0.2, -0.15) is 0 Å². The number of aromatic amines is 1. The fourth-order valence-electron chi connectivity index (χ4n) is 4.59. The van der Waals surface area contributed by atoms with E-state index in [9.17, 15) is 33.9 Å². The molecule has 8 N–H and O–H groups in total. The van der Waals surface area contributed by atoms with Crippen molar-refractivity contribution in [2.45, 2.75) is 83.9 Å². The maximum atomic E-state index is 13.7. The quantitative estimate of drug-likeness (QED) is 0.208. The summed E-state index contributed by atoms with van der Waals surface area (Å²) in [5.41, 5.74) is 6.61. The monoisotopic (exact) mass is 641 g/mol. The summed E-state index contributed by atoms with van der Waals surface area (Å²) in [6.45, 7) is 10.1. The van der Waals surface area contributed by atoms with Crippen LogP contribution < -0.4 is 27.0 Å². The highest BCUT2D eigenvalue weighted by molar-refractivity contribution is 8.77. The first-order valence-corrected chi connectivity index (χ1v) is 16.5. The van der Waals surface area contributed by atoms with Crippen molar-refractivity contribution in [3.8, 4) is 0 Å². The third kappa shape index (κ3) is 10.2. The topological polar surface area (TPSA) is 225 Å². The van der Waals surface area contributed by atoms with E-state index in [1.807, 2.05) is 0 Å². The number of aliphatic carboxylic acids is 1. The molecule has 0 aromatic carbocycles. The van der Waals surface area contributed by atoms with Crippen LogP contribution in [-0.2, 0) is 35.2 Å². The van der Waals surface area contributed by atoms with Gasteiger partial charge in [-0.15, -0.1) is 0 Å². The number of amides is 4. The van der Waals surface area contributed by atoms with Gasteiger partial charge in [0.1, 0.15) is 23.5 Å². The fourth-order valence-corrected chi connectivity index (χ4v) is 6.86. The van der Waals surface area contributed by atoms with Crippen molar-refractivity contribution in [2.24, 2.45) is 29.4 Å². The van der Waals surface area contributed by atoms with Crippen molar-refractivity contribution in [3.63, 3.8) is 0 Å². The Morgan fingerprint density at radius 1 is 0.977 bits per heavy atom. The minimum Gasteiger partial charge on any atom is -0.481 e. The Morgan fingerprint density at radius 3 is 2.14 bits per heavy atom. The molecule has 1 aromatic heterocycles. The minimum absolute atomic E-state index is 0.0193. The van der Waals surface area contributed by atoms with Crippen LogP contribution in [0.2, 0.25) is 0 Å². The molecule has 2 rings (SSSR count). The van der Waals surface area contributed by atoms with E-state index in [2.05, 4.69) is 31.2 Å². The van der Waals surface area contributed by atoms with E-state index in [0.29, 0.717) is 5.69 Å². The highest BCUT2D eigenvalue weighted by Crippen LogP contribution is 2.32. The molecule has 43 heavy (non-hydrogen) atoms. The Hall–Kier alpha value is -3.11. The summed E-state index contributed by atoms with van der Waals surface area (Å²) in [5, 5.41) is 19.4. The first-order valence-electron chi connectivity index (χ1n) is 14.2. The first kappa shape index (κ1) is 36.1. The number of carbonyl (C=O) groups is 6. The molecule has 1 saturated heterocycles. The summed E-state index contributed by atoms with van der Waals surface area (Å²) in [5.74, 6) is -7.08.